The summed E-state index contributed by atoms with van der Waals surface area (Å²) in [4.78, 5) is 0. The maximum atomic E-state index is 12.1. The van der Waals surface area contributed by atoms with Gasteiger partial charge in [-0.2, -0.15) is 5.26 Å². The summed E-state index contributed by atoms with van der Waals surface area (Å²) in [5.74, 6) is -0.285. The highest BCUT2D eigenvalue weighted by Gasteiger charge is 2.30. The highest BCUT2D eigenvalue weighted by molar-refractivity contribution is 5.71. The SMILES string of the molecule is Cc1ccc(-c2ccc(OC(F)(F)F)cc2)c(C#N)c1. The number of aryl methyl sites for hydroxylation is 1. The molecule has 0 aliphatic heterocycles. The van der Waals surface area contributed by atoms with Crippen LogP contribution in [0.3, 0.4) is 0 Å². The number of ether oxygens (including phenoxy) is 1. The molecule has 2 rings (SSSR count). The van der Waals surface area contributed by atoms with E-state index in [2.05, 4.69) is 10.8 Å². The molecule has 0 saturated heterocycles. The van der Waals surface area contributed by atoms with E-state index in [4.69, 9.17) is 5.26 Å². The summed E-state index contributed by atoms with van der Waals surface area (Å²) < 4.78 is 40.0. The lowest BCUT2D eigenvalue weighted by Crippen LogP contribution is -2.16. The number of nitrogens with zero attached hydrogens (tertiary/aromatic N) is 1. The van der Waals surface area contributed by atoms with Gasteiger partial charge in [-0.15, -0.1) is 13.2 Å². The van der Waals surface area contributed by atoms with Gasteiger partial charge in [-0.3, -0.25) is 0 Å². The highest BCUT2D eigenvalue weighted by atomic mass is 19.4. The fourth-order valence-corrected chi connectivity index (χ4v) is 1.84. The smallest absolute Gasteiger partial charge is 0.406 e. The van der Waals surface area contributed by atoms with Crippen LogP contribution >= 0.6 is 0 Å². The lowest BCUT2D eigenvalue weighted by Gasteiger charge is -2.10. The molecule has 0 atom stereocenters. The summed E-state index contributed by atoms with van der Waals surface area (Å²) in [6.07, 6.45) is -4.71. The number of hydrogen-bond acceptors (Lipinski definition) is 2. The van der Waals surface area contributed by atoms with E-state index in [1.165, 1.54) is 24.3 Å². The molecule has 0 heterocycles. The molecule has 0 aliphatic carbocycles. The van der Waals surface area contributed by atoms with Crippen molar-refractivity contribution in [3.8, 4) is 22.9 Å². The van der Waals surface area contributed by atoms with Gasteiger partial charge in [0.05, 0.1) is 11.6 Å². The predicted molar refractivity (Wildman–Crippen MR) is 68.0 cm³/mol. The lowest BCUT2D eigenvalue weighted by atomic mass is 9.98. The molecular weight excluding hydrogens is 267 g/mol. The molecule has 20 heavy (non-hydrogen) atoms. The van der Waals surface area contributed by atoms with Crippen LogP contribution in [-0.4, -0.2) is 6.36 Å². The second-order valence-corrected chi connectivity index (χ2v) is 4.23. The van der Waals surface area contributed by atoms with Crippen LogP contribution in [0.2, 0.25) is 0 Å². The Hall–Kier alpha value is -2.48. The minimum absolute atomic E-state index is 0.285. The van der Waals surface area contributed by atoms with Gasteiger partial charge < -0.3 is 4.74 Å². The minimum Gasteiger partial charge on any atom is -0.406 e. The topological polar surface area (TPSA) is 33.0 Å². The summed E-state index contributed by atoms with van der Waals surface area (Å²) in [6, 6.07) is 12.9. The molecular formula is C15H10F3NO. The van der Waals surface area contributed by atoms with Gasteiger partial charge in [0.2, 0.25) is 0 Å². The molecule has 0 aliphatic rings. The first kappa shape index (κ1) is 13.9. The molecule has 0 bridgehead atoms. The van der Waals surface area contributed by atoms with Crippen molar-refractivity contribution in [2.24, 2.45) is 0 Å². The average molecular weight is 277 g/mol. The molecule has 102 valence electrons. The Morgan fingerprint density at radius 2 is 1.70 bits per heavy atom. The summed E-state index contributed by atoms with van der Waals surface area (Å²) in [7, 11) is 0. The molecule has 2 aromatic rings. The standard InChI is InChI=1S/C15H10F3NO/c1-10-2-7-14(12(8-10)9-19)11-3-5-13(6-4-11)20-15(16,17)18/h2-8H,1H3. The fourth-order valence-electron chi connectivity index (χ4n) is 1.84. The van der Waals surface area contributed by atoms with Crippen LogP contribution in [0.5, 0.6) is 5.75 Å². The molecule has 0 fully saturated rings. The Balaban J connectivity index is 2.34. The molecule has 0 aromatic heterocycles. The molecule has 5 heteroatoms. The van der Waals surface area contributed by atoms with Crippen LogP contribution in [0, 0.1) is 18.3 Å². The van der Waals surface area contributed by atoms with Crippen molar-refractivity contribution in [3.05, 3.63) is 53.6 Å². The van der Waals surface area contributed by atoms with Crippen molar-refractivity contribution in [1.29, 1.82) is 5.26 Å². The first-order chi connectivity index (χ1) is 9.39. The van der Waals surface area contributed by atoms with E-state index in [-0.39, 0.29) is 5.75 Å². The van der Waals surface area contributed by atoms with Gasteiger partial charge in [0, 0.05) is 0 Å². The molecule has 0 N–H and O–H groups in total. The van der Waals surface area contributed by atoms with Gasteiger partial charge in [-0.25, -0.2) is 0 Å². The van der Waals surface area contributed by atoms with E-state index < -0.39 is 6.36 Å². The van der Waals surface area contributed by atoms with Crippen LogP contribution in [-0.2, 0) is 0 Å². The number of nitriles is 1. The summed E-state index contributed by atoms with van der Waals surface area (Å²) in [6.45, 7) is 1.87. The molecule has 0 amide bonds. The number of halogens is 3. The van der Waals surface area contributed by atoms with E-state index in [9.17, 15) is 13.2 Å². The lowest BCUT2D eigenvalue weighted by molar-refractivity contribution is -0.274. The Bertz CT molecular complexity index is 654. The molecule has 0 saturated carbocycles. The normalized spacial score (nSPS) is 10.9. The quantitative estimate of drug-likeness (QED) is 0.813. The number of benzene rings is 2. The number of rotatable bonds is 2. The van der Waals surface area contributed by atoms with Crippen LogP contribution < -0.4 is 4.74 Å². The molecule has 0 spiro atoms. The summed E-state index contributed by atoms with van der Waals surface area (Å²) >= 11 is 0. The third-order valence-corrected chi connectivity index (χ3v) is 2.69. The van der Waals surface area contributed by atoms with E-state index in [1.807, 2.05) is 13.0 Å². The van der Waals surface area contributed by atoms with Gasteiger partial charge in [0.1, 0.15) is 5.75 Å². The Morgan fingerprint density at radius 3 is 2.25 bits per heavy atom. The van der Waals surface area contributed by atoms with Gasteiger partial charge >= 0.3 is 6.36 Å². The van der Waals surface area contributed by atoms with Crippen molar-refractivity contribution in [1.82, 2.24) is 0 Å². The first-order valence-corrected chi connectivity index (χ1v) is 5.76. The fraction of sp³-hybridized carbons (Fsp3) is 0.133. The summed E-state index contributed by atoms with van der Waals surface area (Å²) in [5.41, 5.74) is 2.77. The van der Waals surface area contributed by atoms with Gasteiger partial charge in [-0.05, 0) is 41.8 Å². The maximum absolute atomic E-state index is 12.1. The van der Waals surface area contributed by atoms with Crippen molar-refractivity contribution < 1.29 is 17.9 Å². The zero-order valence-corrected chi connectivity index (χ0v) is 10.5. The number of hydrogen-bond donors (Lipinski definition) is 0. The van der Waals surface area contributed by atoms with E-state index in [1.54, 1.807) is 12.1 Å². The largest absolute Gasteiger partial charge is 0.573 e. The number of alkyl halides is 3. The molecule has 0 radical (unpaired) electrons. The van der Waals surface area contributed by atoms with Crippen LogP contribution in [0.25, 0.3) is 11.1 Å². The third-order valence-electron chi connectivity index (χ3n) is 2.69. The minimum atomic E-state index is -4.71. The second kappa shape index (κ2) is 5.25. The third kappa shape index (κ3) is 3.29. The monoisotopic (exact) mass is 277 g/mol. The Morgan fingerprint density at radius 1 is 1.05 bits per heavy atom. The second-order valence-electron chi connectivity index (χ2n) is 4.23. The van der Waals surface area contributed by atoms with Crippen LogP contribution in [0.15, 0.2) is 42.5 Å². The maximum Gasteiger partial charge on any atom is 0.573 e. The van der Waals surface area contributed by atoms with E-state index in [0.717, 1.165) is 5.56 Å². The van der Waals surface area contributed by atoms with E-state index in [0.29, 0.717) is 16.7 Å². The van der Waals surface area contributed by atoms with Gasteiger partial charge in [-0.1, -0.05) is 24.3 Å². The molecule has 2 aromatic carbocycles. The highest BCUT2D eigenvalue weighted by Crippen LogP contribution is 2.28. The molecule has 0 unspecified atom stereocenters. The van der Waals surface area contributed by atoms with Crippen LogP contribution in [0.1, 0.15) is 11.1 Å². The van der Waals surface area contributed by atoms with Crippen molar-refractivity contribution in [3.63, 3.8) is 0 Å². The zero-order chi connectivity index (χ0) is 14.8. The van der Waals surface area contributed by atoms with Crippen molar-refractivity contribution in [2.75, 3.05) is 0 Å². The zero-order valence-electron chi connectivity index (χ0n) is 10.5. The molecule has 2 nitrogen and oxygen atoms in total. The van der Waals surface area contributed by atoms with Crippen LogP contribution in [0.4, 0.5) is 13.2 Å². The van der Waals surface area contributed by atoms with Crippen molar-refractivity contribution >= 4 is 0 Å². The Kier molecular flexibility index (Phi) is 3.66. The first-order valence-electron chi connectivity index (χ1n) is 5.76. The average Bonchev–Trinajstić information content (AvgIpc) is 2.38. The van der Waals surface area contributed by atoms with Crippen molar-refractivity contribution in [2.45, 2.75) is 13.3 Å². The summed E-state index contributed by atoms with van der Waals surface area (Å²) in [5, 5.41) is 9.09. The van der Waals surface area contributed by atoms with Gasteiger partial charge in [0.15, 0.2) is 0 Å². The predicted octanol–water partition coefficient (Wildman–Crippen LogP) is 4.43. The van der Waals surface area contributed by atoms with Gasteiger partial charge in [0.25, 0.3) is 0 Å². The van der Waals surface area contributed by atoms with E-state index >= 15 is 0 Å². The Labute approximate surface area is 114 Å².